The van der Waals surface area contributed by atoms with Gasteiger partial charge >= 0.3 is 0 Å². The molecule has 0 heterocycles. The molecule has 0 saturated carbocycles. The predicted molar refractivity (Wildman–Crippen MR) is 89.4 cm³/mol. The minimum Gasteiger partial charge on any atom is -0.399 e. The molecule has 2 N–H and O–H groups in total. The molecule has 0 aliphatic rings. The van der Waals surface area contributed by atoms with Crippen molar-refractivity contribution < 1.29 is 8.42 Å². The van der Waals surface area contributed by atoms with Crippen molar-refractivity contribution in [2.75, 3.05) is 11.5 Å². The van der Waals surface area contributed by atoms with Crippen molar-refractivity contribution in [2.24, 2.45) is 5.41 Å². The van der Waals surface area contributed by atoms with Crippen LogP contribution in [0.1, 0.15) is 46.6 Å². The van der Waals surface area contributed by atoms with Crippen LogP contribution in [0.5, 0.6) is 0 Å². The number of anilines is 1. The van der Waals surface area contributed by atoms with Crippen molar-refractivity contribution in [1.82, 2.24) is 4.31 Å². The summed E-state index contributed by atoms with van der Waals surface area (Å²) in [5, 5.41) is 0. The Hall–Kier alpha value is -1.07. The van der Waals surface area contributed by atoms with Crippen LogP contribution in [0.4, 0.5) is 5.69 Å². The van der Waals surface area contributed by atoms with Crippen molar-refractivity contribution in [2.45, 2.75) is 53.6 Å². The first-order valence-electron chi connectivity index (χ1n) is 7.35. The average Bonchev–Trinajstić information content (AvgIpc) is 2.34. The molecule has 4 nitrogen and oxygen atoms in total. The van der Waals surface area contributed by atoms with Gasteiger partial charge in [-0.05, 0) is 43.4 Å². The molecule has 0 atom stereocenters. The molecule has 1 aromatic carbocycles. The third-order valence-corrected chi connectivity index (χ3v) is 5.35. The summed E-state index contributed by atoms with van der Waals surface area (Å²) >= 11 is 0. The highest BCUT2D eigenvalue weighted by atomic mass is 32.2. The zero-order chi connectivity index (χ0) is 16.3. The van der Waals surface area contributed by atoms with Crippen molar-refractivity contribution in [3.05, 3.63) is 29.8 Å². The van der Waals surface area contributed by atoms with Gasteiger partial charge in [-0.3, -0.25) is 0 Å². The number of rotatable bonds is 6. The number of hydrogen-bond donors (Lipinski definition) is 1. The molecule has 120 valence electrons. The van der Waals surface area contributed by atoms with E-state index in [-0.39, 0.29) is 17.2 Å². The monoisotopic (exact) mass is 312 g/mol. The van der Waals surface area contributed by atoms with Gasteiger partial charge in [0.05, 0.1) is 5.75 Å². The van der Waals surface area contributed by atoms with Crippen molar-refractivity contribution in [3.63, 3.8) is 0 Å². The van der Waals surface area contributed by atoms with E-state index in [1.807, 2.05) is 26.0 Å². The fourth-order valence-corrected chi connectivity index (χ4v) is 4.05. The van der Waals surface area contributed by atoms with E-state index in [0.29, 0.717) is 18.7 Å². The third kappa shape index (κ3) is 6.06. The molecule has 0 amide bonds. The summed E-state index contributed by atoms with van der Waals surface area (Å²) in [5.74, 6) is 0.184. The molecule has 0 bridgehead atoms. The molecule has 1 aromatic rings. The van der Waals surface area contributed by atoms with E-state index >= 15 is 0 Å². The maximum Gasteiger partial charge on any atom is 0.214 e. The Kier molecular flexibility index (Phi) is 5.82. The fraction of sp³-hybridized carbons (Fsp3) is 0.625. The number of nitrogens with zero attached hydrogens (tertiary/aromatic N) is 1. The molecule has 21 heavy (non-hydrogen) atoms. The maximum absolute atomic E-state index is 12.6. The Morgan fingerprint density at radius 3 is 2.10 bits per heavy atom. The minimum atomic E-state index is -3.26. The molecular weight excluding hydrogens is 284 g/mol. The van der Waals surface area contributed by atoms with Crippen LogP contribution in [0.3, 0.4) is 0 Å². The van der Waals surface area contributed by atoms with Gasteiger partial charge in [-0.2, -0.15) is 4.31 Å². The van der Waals surface area contributed by atoms with Gasteiger partial charge in [-0.15, -0.1) is 0 Å². The highest BCUT2D eigenvalue weighted by Crippen LogP contribution is 2.22. The molecule has 0 spiro atoms. The van der Waals surface area contributed by atoms with Gasteiger partial charge < -0.3 is 5.73 Å². The normalized spacial score (nSPS) is 13.1. The van der Waals surface area contributed by atoms with Gasteiger partial charge in [0.25, 0.3) is 0 Å². The third-order valence-electron chi connectivity index (χ3n) is 3.36. The predicted octanol–water partition coefficient (Wildman–Crippen LogP) is 3.25. The van der Waals surface area contributed by atoms with Crippen molar-refractivity contribution in [1.29, 1.82) is 0 Å². The molecule has 0 radical (unpaired) electrons. The van der Waals surface area contributed by atoms with Gasteiger partial charge in [0.1, 0.15) is 0 Å². The first kappa shape index (κ1) is 18.0. The number of nitrogen functional groups attached to an aromatic ring is 1. The van der Waals surface area contributed by atoms with E-state index in [9.17, 15) is 8.42 Å². The minimum absolute atomic E-state index is 0.0108. The van der Waals surface area contributed by atoms with Crippen LogP contribution in [-0.2, 0) is 16.6 Å². The zero-order valence-corrected chi connectivity index (χ0v) is 14.6. The van der Waals surface area contributed by atoms with Crippen molar-refractivity contribution in [3.8, 4) is 0 Å². The van der Waals surface area contributed by atoms with Gasteiger partial charge in [0, 0.05) is 18.3 Å². The van der Waals surface area contributed by atoms with E-state index in [1.165, 1.54) is 0 Å². The molecule has 0 aromatic heterocycles. The van der Waals surface area contributed by atoms with E-state index in [1.54, 1.807) is 16.4 Å². The highest BCUT2D eigenvalue weighted by molar-refractivity contribution is 7.89. The first-order chi connectivity index (χ1) is 9.51. The van der Waals surface area contributed by atoms with Crippen LogP contribution in [0.2, 0.25) is 0 Å². The lowest BCUT2D eigenvalue weighted by Crippen LogP contribution is -2.38. The van der Waals surface area contributed by atoms with E-state index in [0.717, 1.165) is 5.56 Å². The first-order valence-corrected chi connectivity index (χ1v) is 8.96. The summed E-state index contributed by atoms with van der Waals surface area (Å²) in [5.41, 5.74) is 7.32. The summed E-state index contributed by atoms with van der Waals surface area (Å²) in [4.78, 5) is 0. The second kappa shape index (κ2) is 6.79. The summed E-state index contributed by atoms with van der Waals surface area (Å²) in [7, 11) is -3.26. The molecule has 0 aliphatic carbocycles. The molecule has 5 heteroatoms. The zero-order valence-electron chi connectivity index (χ0n) is 13.8. The SMILES string of the molecule is CC(C)N(Cc1ccc(N)cc1)S(=O)(=O)CCC(C)(C)C. The van der Waals surface area contributed by atoms with E-state index < -0.39 is 10.0 Å². The Balaban J connectivity index is 2.88. The Morgan fingerprint density at radius 2 is 1.67 bits per heavy atom. The number of nitrogens with two attached hydrogens (primary N) is 1. The molecule has 1 rings (SSSR count). The Morgan fingerprint density at radius 1 is 1.14 bits per heavy atom. The van der Waals surface area contributed by atoms with E-state index in [4.69, 9.17) is 5.73 Å². The molecule has 0 fully saturated rings. The summed E-state index contributed by atoms with van der Waals surface area (Å²) in [6, 6.07) is 7.30. The topological polar surface area (TPSA) is 63.4 Å². The smallest absolute Gasteiger partial charge is 0.214 e. The lowest BCUT2D eigenvalue weighted by Gasteiger charge is -2.28. The quantitative estimate of drug-likeness (QED) is 0.820. The van der Waals surface area contributed by atoms with Crippen LogP contribution < -0.4 is 5.73 Å². The van der Waals surface area contributed by atoms with Crippen LogP contribution in [-0.4, -0.2) is 24.5 Å². The maximum atomic E-state index is 12.6. The molecular formula is C16H28N2O2S. The lowest BCUT2D eigenvalue weighted by molar-refractivity contribution is 0.338. The Labute approximate surface area is 129 Å². The molecule has 0 saturated heterocycles. The van der Waals surface area contributed by atoms with Crippen LogP contribution >= 0.6 is 0 Å². The second-order valence-electron chi connectivity index (χ2n) is 7.01. The summed E-state index contributed by atoms with van der Waals surface area (Å²) in [6.07, 6.45) is 0.653. The molecule has 0 unspecified atom stereocenters. The summed E-state index contributed by atoms with van der Waals surface area (Å²) in [6.45, 7) is 10.4. The van der Waals surface area contributed by atoms with E-state index in [2.05, 4.69) is 20.8 Å². The lowest BCUT2D eigenvalue weighted by atomic mass is 9.94. The largest absolute Gasteiger partial charge is 0.399 e. The van der Waals surface area contributed by atoms with Gasteiger partial charge in [-0.25, -0.2) is 8.42 Å². The fourth-order valence-electron chi connectivity index (χ4n) is 1.96. The second-order valence-corrected chi connectivity index (χ2v) is 9.05. The van der Waals surface area contributed by atoms with Crippen LogP contribution in [0.25, 0.3) is 0 Å². The van der Waals surface area contributed by atoms with Crippen LogP contribution in [0.15, 0.2) is 24.3 Å². The Bertz CT molecular complexity index is 543. The summed E-state index contributed by atoms with van der Waals surface area (Å²) < 4.78 is 26.8. The standard InChI is InChI=1S/C16H28N2O2S/c1-13(2)18(12-14-6-8-15(17)9-7-14)21(19,20)11-10-16(3,4)5/h6-9,13H,10-12,17H2,1-5H3. The molecule has 0 aliphatic heterocycles. The van der Waals surface area contributed by atoms with Gasteiger partial charge in [-0.1, -0.05) is 32.9 Å². The van der Waals surface area contributed by atoms with Crippen LogP contribution in [0, 0.1) is 5.41 Å². The number of hydrogen-bond acceptors (Lipinski definition) is 3. The number of benzene rings is 1. The highest BCUT2D eigenvalue weighted by Gasteiger charge is 2.26. The van der Waals surface area contributed by atoms with Crippen molar-refractivity contribution >= 4 is 15.7 Å². The van der Waals surface area contributed by atoms with Gasteiger partial charge in [0.15, 0.2) is 0 Å². The van der Waals surface area contributed by atoms with Gasteiger partial charge in [0.2, 0.25) is 10.0 Å². The number of sulfonamides is 1. The average molecular weight is 312 g/mol.